The van der Waals surface area contributed by atoms with Crippen LogP contribution in [0.25, 0.3) is 11.0 Å². The monoisotopic (exact) mass is 552 g/mol. The Labute approximate surface area is 236 Å². The average Bonchev–Trinajstić information content (AvgIpc) is 3.56. The van der Waals surface area contributed by atoms with Gasteiger partial charge < -0.3 is 20.7 Å². The molecule has 10 nitrogen and oxygen atoms in total. The van der Waals surface area contributed by atoms with Crippen LogP contribution in [-0.4, -0.2) is 50.2 Å². The molecule has 1 aliphatic carbocycles. The normalized spacial score (nSPS) is 20.0. The van der Waals surface area contributed by atoms with Gasteiger partial charge in [0.15, 0.2) is 11.6 Å². The van der Waals surface area contributed by atoms with Crippen LogP contribution in [0.2, 0.25) is 0 Å². The predicted molar refractivity (Wildman–Crippen MR) is 154 cm³/mol. The lowest BCUT2D eigenvalue weighted by Crippen LogP contribution is -2.27. The van der Waals surface area contributed by atoms with Gasteiger partial charge in [-0.15, -0.1) is 0 Å². The molecule has 41 heavy (non-hydrogen) atoms. The zero-order valence-electron chi connectivity index (χ0n) is 22.5. The number of halogens is 1. The van der Waals surface area contributed by atoms with Gasteiger partial charge in [-0.3, -0.25) is 4.79 Å². The molecule has 11 heteroatoms. The van der Waals surface area contributed by atoms with Crippen molar-refractivity contribution in [1.29, 1.82) is 0 Å². The zero-order valence-corrected chi connectivity index (χ0v) is 22.5. The molecule has 4 aromatic rings. The smallest absolute Gasteiger partial charge is 0.245 e. The minimum atomic E-state index is -0.509. The van der Waals surface area contributed by atoms with Gasteiger partial charge in [0.25, 0.3) is 0 Å². The number of amides is 1. The van der Waals surface area contributed by atoms with Crippen LogP contribution in [0, 0.1) is 24.6 Å². The maximum absolute atomic E-state index is 15.3. The highest BCUT2D eigenvalue weighted by atomic mass is 19.1. The van der Waals surface area contributed by atoms with E-state index < -0.39 is 5.82 Å². The molecular formula is C30H29FN8O2. The number of rotatable bonds is 7. The number of anilines is 2. The van der Waals surface area contributed by atoms with E-state index >= 15 is 4.39 Å². The fourth-order valence-corrected chi connectivity index (χ4v) is 5.86. The molecule has 0 bridgehead atoms. The van der Waals surface area contributed by atoms with Crippen molar-refractivity contribution >= 4 is 40.6 Å². The summed E-state index contributed by atoms with van der Waals surface area (Å²) in [5.74, 6) is 2.30. The number of carbonyl (C=O) groups excluding carboxylic acids is 1. The minimum absolute atomic E-state index is 0.00144. The number of benzene rings is 1. The number of carbonyl (C=O) groups is 1. The average molecular weight is 553 g/mol. The maximum Gasteiger partial charge on any atom is 0.245 e. The number of likely N-dealkylation sites (tertiary alicyclic amines) is 1. The lowest BCUT2D eigenvalue weighted by Gasteiger charge is -2.18. The second-order valence-electron chi connectivity index (χ2n) is 10.4. The van der Waals surface area contributed by atoms with Gasteiger partial charge in [-0.05, 0) is 67.5 Å². The highest BCUT2D eigenvalue weighted by molar-refractivity contribution is 5.88. The minimum Gasteiger partial charge on any atom is -0.457 e. The Balaban J connectivity index is 1.22. The van der Waals surface area contributed by atoms with E-state index in [-0.39, 0.29) is 17.5 Å². The molecule has 1 saturated heterocycles. The second kappa shape index (κ2) is 10.9. The van der Waals surface area contributed by atoms with E-state index in [1.165, 1.54) is 24.7 Å². The molecular weight excluding hydrogens is 523 g/mol. The van der Waals surface area contributed by atoms with Crippen molar-refractivity contribution in [2.24, 2.45) is 22.6 Å². The summed E-state index contributed by atoms with van der Waals surface area (Å²) in [5, 5.41) is 3.11. The predicted octanol–water partition coefficient (Wildman–Crippen LogP) is 5.16. The Morgan fingerprint density at radius 1 is 1.17 bits per heavy atom. The van der Waals surface area contributed by atoms with Crippen molar-refractivity contribution in [3.05, 3.63) is 78.7 Å². The number of nitrogens with one attached hydrogen (secondary N) is 1. The first-order valence-electron chi connectivity index (χ1n) is 13.4. The van der Waals surface area contributed by atoms with Crippen molar-refractivity contribution in [2.75, 3.05) is 18.4 Å². The molecule has 3 aromatic heterocycles. The number of aliphatic imine (C=N–C) groups is 1. The number of nitrogens with zero attached hydrogens (tertiary/aromatic N) is 6. The van der Waals surface area contributed by atoms with Crippen LogP contribution in [-0.2, 0) is 4.79 Å². The van der Waals surface area contributed by atoms with Crippen molar-refractivity contribution in [3.8, 4) is 11.5 Å². The van der Waals surface area contributed by atoms with Gasteiger partial charge >= 0.3 is 0 Å². The number of nitrogens with two attached hydrogens (primary N) is 1. The number of fused-ring (bicyclic) bond motifs is 2. The molecule has 6 rings (SSSR count). The third kappa shape index (κ3) is 5.30. The summed E-state index contributed by atoms with van der Waals surface area (Å²) in [4.78, 5) is 35.6. The second-order valence-corrected chi connectivity index (χ2v) is 10.4. The summed E-state index contributed by atoms with van der Waals surface area (Å²) in [5.41, 5.74) is 8.50. The molecule has 1 saturated carbocycles. The fourth-order valence-electron chi connectivity index (χ4n) is 5.86. The van der Waals surface area contributed by atoms with Crippen LogP contribution in [0.1, 0.15) is 30.0 Å². The van der Waals surface area contributed by atoms with Crippen LogP contribution in [0.5, 0.6) is 11.5 Å². The van der Waals surface area contributed by atoms with Crippen LogP contribution < -0.4 is 15.8 Å². The van der Waals surface area contributed by atoms with Crippen molar-refractivity contribution in [1.82, 2.24) is 24.8 Å². The molecule has 3 atom stereocenters. The lowest BCUT2D eigenvalue weighted by molar-refractivity contribution is -0.125. The van der Waals surface area contributed by atoms with Crippen molar-refractivity contribution in [2.45, 2.75) is 25.7 Å². The summed E-state index contributed by atoms with van der Waals surface area (Å²) in [6.07, 6.45) is 7.44. The van der Waals surface area contributed by atoms with Gasteiger partial charge in [0.2, 0.25) is 5.91 Å². The van der Waals surface area contributed by atoms with Crippen molar-refractivity contribution in [3.63, 3.8) is 0 Å². The first kappa shape index (κ1) is 26.3. The Kier molecular flexibility index (Phi) is 7.00. The largest absolute Gasteiger partial charge is 0.457 e. The highest BCUT2D eigenvalue weighted by Crippen LogP contribution is 2.46. The maximum atomic E-state index is 15.3. The topological polar surface area (TPSA) is 132 Å². The molecule has 1 amide bonds. The summed E-state index contributed by atoms with van der Waals surface area (Å²) in [7, 11) is 0. The van der Waals surface area contributed by atoms with Gasteiger partial charge in [-0.2, -0.15) is 0 Å². The quantitative estimate of drug-likeness (QED) is 0.183. The molecule has 2 fully saturated rings. The first-order chi connectivity index (χ1) is 19.9. The van der Waals surface area contributed by atoms with Crippen molar-refractivity contribution < 1.29 is 13.9 Å². The number of hydrogen-bond donors (Lipinski definition) is 2. The molecule has 1 aliphatic heterocycles. The molecule has 0 spiro atoms. The summed E-state index contributed by atoms with van der Waals surface area (Å²) < 4.78 is 21.2. The molecule has 1 aromatic carbocycles. The summed E-state index contributed by atoms with van der Waals surface area (Å²) in [6.45, 7) is 6.96. The van der Waals surface area contributed by atoms with E-state index in [9.17, 15) is 4.79 Å². The molecule has 4 heterocycles. The molecule has 1 unspecified atom stereocenters. The van der Waals surface area contributed by atoms with Gasteiger partial charge in [-0.25, -0.2) is 29.3 Å². The summed E-state index contributed by atoms with van der Waals surface area (Å²) >= 11 is 0. The van der Waals surface area contributed by atoms with E-state index in [0.717, 1.165) is 38.0 Å². The van der Waals surface area contributed by atoms with Gasteiger partial charge in [0.1, 0.15) is 29.2 Å². The number of pyridine rings is 2. The lowest BCUT2D eigenvalue weighted by atomic mass is 10.0. The number of ether oxygens (including phenoxy) is 1. The zero-order chi connectivity index (χ0) is 28.5. The van der Waals surface area contributed by atoms with Crippen LogP contribution >= 0.6 is 0 Å². The third-order valence-electron chi connectivity index (χ3n) is 7.83. The highest BCUT2D eigenvalue weighted by Gasteiger charge is 2.42. The molecule has 2 aliphatic rings. The van der Waals surface area contributed by atoms with E-state index in [0.29, 0.717) is 51.6 Å². The molecule has 208 valence electrons. The number of aromatic nitrogens is 4. The van der Waals surface area contributed by atoms with Crippen LogP contribution in [0.4, 0.5) is 21.7 Å². The Bertz CT molecular complexity index is 1660. The number of hydrogen-bond acceptors (Lipinski definition) is 8. The first-order valence-corrected chi connectivity index (χ1v) is 13.4. The standard InChI is InChI=1S/C30H29FN8O2/c1-3-28(40)39-13-19-9-18(10-20(19)14-39)23-4-5-24-29(37-23)30(36-16-35-24)38-25-8-17(2)26(12-22(25)31)41-21-6-7-33-27(11-21)34-15-32/h3-8,11-12,15-16,18-20H,1,9-10,13-14H2,2H3,(H2,32,33,34)(H,35,36,38)/t18?,19-,20+. The summed E-state index contributed by atoms with van der Waals surface area (Å²) in [6, 6.07) is 10.2. The van der Waals surface area contributed by atoms with Crippen LogP contribution in [0.15, 0.2) is 66.6 Å². The van der Waals surface area contributed by atoms with Gasteiger partial charge in [-0.1, -0.05) is 6.58 Å². The Hall–Kier alpha value is -4.93. The van der Waals surface area contributed by atoms with E-state index in [4.69, 9.17) is 15.5 Å². The fraction of sp³-hybridized carbons (Fsp3) is 0.267. The Morgan fingerprint density at radius 3 is 2.73 bits per heavy atom. The number of aryl methyl sites for hydroxylation is 1. The molecule has 3 N–H and O–H groups in total. The van der Waals surface area contributed by atoms with E-state index in [1.807, 2.05) is 24.0 Å². The van der Waals surface area contributed by atoms with Crippen LogP contribution in [0.3, 0.4) is 0 Å². The van der Waals surface area contributed by atoms with E-state index in [2.05, 4.69) is 31.8 Å². The SMILES string of the molecule is C=CC(=O)N1C[C@H]2CC(c3ccc4ncnc(Nc5cc(C)c(Oc6ccnc(N=CN)c6)cc5F)c4n3)C[C@H]2C1. The van der Waals surface area contributed by atoms with E-state index in [1.54, 1.807) is 18.2 Å². The third-order valence-corrected chi connectivity index (χ3v) is 7.83. The van der Waals surface area contributed by atoms with Gasteiger partial charge in [0, 0.05) is 43.0 Å². The van der Waals surface area contributed by atoms with Gasteiger partial charge in [0.05, 0.1) is 17.5 Å². The molecule has 0 radical (unpaired) electrons. The Morgan fingerprint density at radius 2 is 1.98 bits per heavy atom.